The minimum Gasteiger partial charge on any atom is -0.378 e. The normalized spacial score (nSPS) is 26.4. The molecule has 0 unspecified atom stereocenters. The van der Waals surface area contributed by atoms with Gasteiger partial charge in [-0.15, -0.1) is 0 Å². The Morgan fingerprint density at radius 1 is 1.26 bits per heavy atom. The van der Waals surface area contributed by atoms with Gasteiger partial charge in [-0.1, -0.05) is 0 Å². The third kappa shape index (κ3) is 2.72. The third-order valence-electron chi connectivity index (χ3n) is 5.20. The molecule has 4 rings (SSSR count). The van der Waals surface area contributed by atoms with Gasteiger partial charge >= 0.3 is 0 Å². The van der Waals surface area contributed by atoms with Crippen LogP contribution in [-0.2, 0) is 4.74 Å². The fourth-order valence-electron chi connectivity index (χ4n) is 3.75. The lowest BCUT2D eigenvalue weighted by Gasteiger charge is -2.43. The van der Waals surface area contributed by atoms with Crippen LogP contribution < -0.4 is 0 Å². The van der Waals surface area contributed by atoms with Crippen LogP contribution in [0.15, 0.2) is 18.3 Å². The Kier molecular flexibility index (Phi) is 3.77. The largest absolute Gasteiger partial charge is 0.378 e. The zero-order valence-corrected chi connectivity index (χ0v) is 13.6. The van der Waals surface area contributed by atoms with Crippen LogP contribution >= 0.6 is 0 Å². The van der Waals surface area contributed by atoms with E-state index >= 15 is 0 Å². The first-order chi connectivity index (χ1) is 11.1. The smallest absolute Gasteiger partial charge is 0.125 e. The van der Waals surface area contributed by atoms with Gasteiger partial charge in [-0.3, -0.25) is 4.90 Å². The van der Waals surface area contributed by atoms with E-state index in [0.29, 0.717) is 12.6 Å². The molecule has 1 aromatic heterocycles. The molecule has 0 N–H and O–H groups in total. The molecule has 2 fully saturated rings. The minimum absolute atomic E-state index is 0.0353. The Balaban J connectivity index is 1.62. The average Bonchev–Trinajstić information content (AvgIpc) is 2.46. The van der Waals surface area contributed by atoms with E-state index in [1.165, 1.54) is 0 Å². The summed E-state index contributed by atoms with van der Waals surface area (Å²) in [6, 6.07) is 4.57. The molecule has 2 aliphatic rings. The number of hydrogen-bond acceptors (Lipinski definition) is 4. The number of alkyl halides is 1. The number of likely N-dealkylation sites (tertiary alicyclic amines) is 1. The molecule has 0 saturated carbocycles. The summed E-state index contributed by atoms with van der Waals surface area (Å²) in [5.41, 5.74) is 3.16. The molecule has 4 nitrogen and oxygen atoms in total. The Morgan fingerprint density at radius 2 is 2.09 bits per heavy atom. The zero-order valence-electron chi connectivity index (χ0n) is 13.6. The number of ether oxygens (including phenoxy) is 1. The van der Waals surface area contributed by atoms with Crippen molar-refractivity contribution in [3.8, 4) is 0 Å². The quantitative estimate of drug-likeness (QED) is 0.854. The molecule has 2 aliphatic heterocycles. The predicted octanol–water partition coefficient (Wildman–Crippen LogP) is 2.77. The molecule has 0 bridgehead atoms. The van der Waals surface area contributed by atoms with Crippen molar-refractivity contribution in [3.63, 3.8) is 0 Å². The number of fused-ring (bicyclic) bond motifs is 1. The Hall–Kier alpha value is -1.59. The monoisotopic (exact) mass is 315 g/mol. The summed E-state index contributed by atoms with van der Waals surface area (Å²) < 4.78 is 20.1. The van der Waals surface area contributed by atoms with Gasteiger partial charge in [0.1, 0.15) is 12.0 Å². The van der Waals surface area contributed by atoms with E-state index in [2.05, 4.69) is 33.9 Å². The summed E-state index contributed by atoms with van der Waals surface area (Å²) in [4.78, 5) is 11.0. The first-order valence-electron chi connectivity index (χ1n) is 8.31. The molecule has 3 heterocycles. The van der Waals surface area contributed by atoms with Crippen LogP contribution in [0.5, 0.6) is 0 Å². The molecule has 2 saturated heterocycles. The standard InChI is InChI=1S/C18H22FN3O/c1-11-5-13-7-20-12(2)21-18(13)6-16(11)15-3-4-22(8-17(15)19)14-9-23-10-14/h5-7,14-15,17H,3-4,8-10H2,1-2H3/t15-,17+/m0/s1. The van der Waals surface area contributed by atoms with Crippen LogP contribution in [0.25, 0.3) is 10.9 Å². The molecule has 0 radical (unpaired) electrons. The molecule has 5 heteroatoms. The van der Waals surface area contributed by atoms with Gasteiger partial charge in [-0.25, -0.2) is 14.4 Å². The number of aryl methyl sites for hydroxylation is 2. The number of benzene rings is 1. The fraction of sp³-hybridized carbons (Fsp3) is 0.556. The summed E-state index contributed by atoms with van der Waals surface area (Å²) in [6.45, 7) is 6.91. The summed E-state index contributed by atoms with van der Waals surface area (Å²) in [5.74, 6) is 0.718. The molecule has 1 aromatic carbocycles. The second-order valence-corrected chi connectivity index (χ2v) is 6.78. The average molecular weight is 315 g/mol. The maximum Gasteiger partial charge on any atom is 0.125 e. The lowest BCUT2D eigenvalue weighted by molar-refractivity contribution is -0.0807. The van der Waals surface area contributed by atoms with Gasteiger partial charge in [0.15, 0.2) is 0 Å². The highest BCUT2D eigenvalue weighted by molar-refractivity contribution is 5.79. The first-order valence-corrected chi connectivity index (χ1v) is 8.31. The van der Waals surface area contributed by atoms with Crippen molar-refractivity contribution in [1.82, 2.24) is 14.9 Å². The van der Waals surface area contributed by atoms with Crippen molar-refractivity contribution in [2.75, 3.05) is 26.3 Å². The summed E-state index contributed by atoms with van der Waals surface area (Å²) in [7, 11) is 0. The maximum atomic E-state index is 14.8. The second kappa shape index (κ2) is 5.80. The van der Waals surface area contributed by atoms with Crippen LogP contribution in [0.3, 0.4) is 0 Å². The van der Waals surface area contributed by atoms with Gasteiger partial charge in [0.2, 0.25) is 0 Å². The van der Waals surface area contributed by atoms with Gasteiger partial charge in [-0.05, 0) is 50.1 Å². The first kappa shape index (κ1) is 15.0. The molecular weight excluding hydrogens is 293 g/mol. The van der Waals surface area contributed by atoms with E-state index < -0.39 is 6.17 Å². The van der Waals surface area contributed by atoms with Crippen molar-refractivity contribution < 1.29 is 9.13 Å². The predicted molar refractivity (Wildman–Crippen MR) is 87.4 cm³/mol. The van der Waals surface area contributed by atoms with Gasteiger partial charge in [0, 0.05) is 24.0 Å². The topological polar surface area (TPSA) is 38.2 Å². The van der Waals surface area contributed by atoms with Crippen LogP contribution in [0.4, 0.5) is 4.39 Å². The number of hydrogen-bond donors (Lipinski definition) is 0. The fourth-order valence-corrected chi connectivity index (χ4v) is 3.75. The highest BCUT2D eigenvalue weighted by Crippen LogP contribution is 2.35. The molecule has 2 aromatic rings. The van der Waals surface area contributed by atoms with E-state index in [9.17, 15) is 4.39 Å². The number of halogens is 1. The molecular formula is C18H22FN3O. The second-order valence-electron chi connectivity index (χ2n) is 6.78. The minimum atomic E-state index is -0.830. The van der Waals surface area contributed by atoms with Gasteiger partial charge in [-0.2, -0.15) is 0 Å². The summed E-state index contributed by atoms with van der Waals surface area (Å²) in [6.07, 6.45) is 1.87. The van der Waals surface area contributed by atoms with Crippen molar-refractivity contribution in [2.24, 2.45) is 0 Å². The number of nitrogens with zero attached hydrogens (tertiary/aromatic N) is 3. The third-order valence-corrected chi connectivity index (χ3v) is 5.20. The van der Waals surface area contributed by atoms with Crippen molar-refractivity contribution in [1.29, 1.82) is 0 Å². The van der Waals surface area contributed by atoms with Crippen molar-refractivity contribution in [2.45, 2.75) is 38.4 Å². The lowest BCUT2D eigenvalue weighted by atomic mass is 9.84. The molecule has 0 amide bonds. The van der Waals surface area contributed by atoms with E-state index in [-0.39, 0.29) is 5.92 Å². The Morgan fingerprint density at radius 3 is 2.78 bits per heavy atom. The Labute approximate surface area is 135 Å². The van der Waals surface area contributed by atoms with Crippen molar-refractivity contribution in [3.05, 3.63) is 35.3 Å². The number of rotatable bonds is 2. The highest BCUT2D eigenvalue weighted by atomic mass is 19.1. The molecule has 2 atom stereocenters. The van der Waals surface area contributed by atoms with E-state index in [1.807, 2.05) is 13.1 Å². The Bertz CT molecular complexity index is 732. The molecule has 0 aliphatic carbocycles. The van der Waals surface area contributed by atoms with Crippen LogP contribution in [0, 0.1) is 13.8 Å². The maximum absolute atomic E-state index is 14.8. The van der Waals surface area contributed by atoms with E-state index in [4.69, 9.17) is 4.74 Å². The number of piperidine rings is 1. The lowest BCUT2D eigenvalue weighted by Crippen LogP contribution is -2.54. The molecule has 0 spiro atoms. The number of aromatic nitrogens is 2. The zero-order chi connectivity index (χ0) is 16.0. The summed E-state index contributed by atoms with van der Waals surface area (Å²) in [5, 5.41) is 1.02. The van der Waals surface area contributed by atoms with Crippen LogP contribution in [0.2, 0.25) is 0 Å². The molecule has 122 valence electrons. The van der Waals surface area contributed by atoms with E-state index in [0.717, 1.165) is 54.0 Å². The van der Waals surface area contributed by atoms with Gasteiger partial charge in [0.25, 0.3) is 0 Å². The van der Waals surface area contributed by atoms with Crippen LogP contribution in [0.1, 0.15) is 29.3 Å². The SMILES string of the molecule is Cc1ncc2cc(C)c([C@@H]3CCN(C4COC4)C[C@H]3F)cc2n1. The summed E-state index contributed by atoms with van der Waals surface area (Å²) >= 11 is 0. The van der Waals surface area contributed by atoms with Gasteiger partial charge in [0.05, 0.1) is 24.8 Å². The molecule has 23 heavy (non-hydrogen) atoms. The van der Waals surface area contributed by atoms with Gasteiger partial charge < -0.3 is 4.74 Å². The van der Waals surface area contributed by atoms with Crippen molar-refractivity contribution >= 4 is 10.9 Å². The van der Waals surface area contributed by atoms with Crippen LogP contribution in [-0.4, -0.2) is 53.4 Å². The van der Waals surface area contributed by atoms with E-state index in [1.54, 1.807) is 0 Å². The highest BCUT2D eigenvalue weighted by Gasteiger charge is 2.36.